The fourth-order valence-corrected chi connectivity index (χ4v) is 3.04. The summed E-state index contributed by atoms with van der Waals surface area (Å²) >= 11 is 6.20. The number of hydrogen-bond donors (Lipinski definition) is 1. The lowest BCUT2D eigenvalue weighted by molar-refractivity contribution is 0.350. The summed E-state index contributed by atoms with van der Waals surface area (Å²) in [6.45, 7) is 0.698. The number of para-hydroxylation sites is 1. The smallest absolute Gasteiger partial charge is 0.127 e. The summed E-state index contributed by atoms with van der Waals surface area (Å²) in [5.74, 6) is 1.76. The molecule has 0 fully saturated rings. The number of rotatable bonds is 4. The molecule has 1 unspecified atom stereocenters. The lowest BCUT2D eigenvalue weighted by Gasteiger charge is -2.17. The monoisotopic (exact) mass is 303 g/mol. The van der Waals surface area contributed by atoms with Crippen LogP contribution in [0.15, 0.2) is 36.4 Å². The van der Waals surface area contributed by atoms with Gasteiger partial charge in [-0.3, -0.25) is 0 Å². The highest BCUT2D eigenvalue weighted by molar-refractivity contribution is 6.30. The van der Waals surface area contributed by atoms with Crippen molar-refractivity contribution in [1.82, 2.24) is 0 Å². The molecule has 2 aromatic rings. The van der Waals surface area contributed by atoms with Gasteiger partial charge in [-0.05, 0) is 35.7 Å². The van der Waals surface area contributed by atoms with Gasteiger partial charge >= 0.3 is 0 Å². The van der Waals surface area contributed by atoms with E-state index < -0.39 is 0 Å². The Morgan fingerprint density at radius 2 is 2.14 bits per heavy atom. The van der Waals surface area contributed by atoms with E-state index in [9.17, 15) is 0 Å². The molecular weight excluding hydrogens is 286 g/mol. The summed E-state index contributed by atoms with van der Waals surface area (Å²) in [4.78, 5) is 0. The van der Waals surface area contributed by atoms with Crippen molar-refractivity contribution in [2.24, 2.45) is 5.73 Å². The van der Waals surface area contributed by atoms with E-state index in [0.29, 0.717) is 18.1 Å². The van der Waals surface area contributed by atoms with Crippen LogP contribution in [0.25, 0.3) is 0 Å². The first kappa shape index (κ1) is 14.2. The second kappa shape index (κ2) is 5.96. The number of ether oxygens (including phenoxy) is 2. The van der Waals surface area contributed by atoms with Crippen LogP contribution in [0.3, 0.4) is 0 Å². The van der Waals surface area contributed by atoms with E-state index in [1.807, 2.05) is 36.4 Å². The fraction of sp³-hybridized carbons (Fsp3) is 0.294. The number of nitrogens with two attached hydrogens (primary N) is 1. The molecule has 0 spiro atoms. The molecule has 21 heavy (non-hydrogen) atoms. The van der Waals surface area contributed by atoms with Crippen LogP contribution < -0.4 is 15.2 Å². The molecule has 2 aromatic carbocycles. The highest BCUT2D eigenvalue weighted by Gasteiger charge is 2.22. The quantitative estimate of drug-likeness (QED) is 0.940. The molecule has 0 saturated carbocycles. The van der Waals surface area contributed by atoms with E-state index >= 15 is 0 Å². The summed E-state index contributed by atoms with van der Waals surface area (Å²) in [6.07, 6.45) is 1.57. The van der Waals surface area contributed by atoms with Gasteiger partial charge in [0.2, 0.25) is 0 Å². The average molecular weight is 304 g/mol. The van der Waals surface area contributed by atoms with Gasteiger partial charge in [0.25, 0.3) is 0 Å². The van der Waals surface area contributed by atoms with E-state index in [4.69, 9.17) is 26.8 Å². The molecule has 1 aliphatic heterocycles. The van der Waals surface area contributed by atoms with E-state index in [2.05, 4.69) is 0 Å². The van der Waals surface area contributed by atoms with Crippen molar-refractivity contribution >= 4 is 11.6 Å². The Morgan fingerprint density at radius 3 is 2.95 bits per heavy atom. The molecule has 0 aromatic heterocycles. The lowest BCUT2D eigenvalue weighted by atomic mass is 9.96. The molecule has 1 atom stereocenters. The molecule has 0 bridgehead atoms. The van der Waals surface area contributed by atoms with Crippen molar-refractivity contribution in [3.63, 3.8) is 0 Å². The van der Waals surface area contributed by atoms with Crippen LogP contribution in [0.5, 0.6) is 11.5 Å². The number of methoxy groups -OCH3 is 1. The first-order valence-electron chi connectivity index (χ1n) is 7.01. The van der Waals surface area contributed by atoms with Crippen LogP contribution >= 0.6 is 11.6 Å². The molecule has 0 radical (unpaired) electrons. The maximum atomic E-state index is 6.40. The van der Waals surface area contributed by atoms with Crippen LogP contribution in [-0.2, 0) is 12.8 Å². The van der Waals surface area contributed by atoms with Crippen molar-refractivity contribution in [2.45, 2.75) is 18.9 Å². The first-order valence-corrected chi connectivity index (χ1v) is 7.39. The molecule has 4 heteroatoms. The van der Waals surface area contributed by atoms with E-state index in [1.54, 1.807) is 7.11 Å². The third-order valence-corrected chi connectivity index (χ3v) is 4.03. The third-order valence-electron chi connectivity index (χ3n) is 3.81. The minimum absolute atomic E-state index is 0.174. The van der Waals surface area contributed by atoms with Crippen LogP contribution in [-0.4, -0.2) is 13.7 Å². The van der Waals surface area contributed by atoms with Crippen molar-refractivity contribution in [2.75, 3.05) is 13.7 Å². The Balaban J connectivity index is 1.91. The highest BCUT2D eigenvalue weighted by atomic mass is 35.5. The average Bonchev–Trinajstić information content (AvgIpc) is 2.94. The molecule has 0 saturated heterocycles. The zero-order valence-corrected chi connectivity index (χ0v) is 12.7. The predicted molar refractivity (Wildman–Crippen MR) is 84.3 cm³/mol. The maximum absolute atomic E-state index is 6.40. The second-order valence-electron chi connectivity index (χ2n) is 5.20. The van der Waals surface area contributed by atoms with E-state index in [1.165, 1.54) is 0 Å². The second-order valence-corrected chi connectivity index (χ2v) is 5.64. The number of halogens is 1. The Morgan fingerprint density at radius 1 is 1.33 bits per heavy atom. The molecule has 3 rings (SSSR count). The van der Waals surface area contributed by atoms with Crippen LogP contribution in [0, 0.1) is 0 Å². The Hall–Kier alpha value is -1.71. The lowest BCUT2D eigenvalue weighted by Crippen LogP contribution is -2.15. The Kier molecular flexibility index (Phi) is 4.04. The van der Waals surface area contributed by atoms with Gasteiger partial charge in [-0.2, -0.15) is 0 Å². The molecule has 3 nitrogen and oxygen atoms in total. The molecule has 0 amide bonds. The molecule has 1 heterocycles. The van der Waals surface area contributed by atoms with Gasteiger partial charge in [0.05, 0.1) is 13.7 Å². The number of hydrogen-bond acceptors (Lipinski definition) is 3. The highest BCUT2D eigenvalue weighted by Crippen LogP contribution is 2.37. The Labute approximate surface area is 129 Å². The molecule has 2 N–H and O–H groups in total. The zero-order chi connectivity index (χ0) is 14.8. The summed E-state index contributed by atoms with van der Waals surface area (Å²) in [6, 6.07) is 11.6. The topological polar surface area (TPSA) is 44.5 Å². The van der Waals surface area contributed by atoms with Crippen molar-refractivity contribution in [1.29, 1.82) is 0 Å². The Bertz CT molecular complexity index is 657. The van der Waals surface area contributed by atoms with Crippen LogP contribution in [0.1, 0.15) is 22.7 Å². The summed E-state index contributed by atoms with van der Waals surface area (Å²) in [5.41, 5.74) is 9.60. The largest absolute Gasteiger partial charge is 0.496 e. The van der Waals surface area contributed by atoms with Crippen molar-refractivity contribution < 1.29 is 9.47 Å². The van der Waals surface area contributed by atoms with Gasteiger partial charge in [0.15, 0.2) is 0 Å². The first-order chi connectivity index (χ1) is 10.2. The van der Waals surface area contributed by atoms with Crippen LogP contribution in [0.4, 0.5) is 0 Å². The standard InChI is InChI=1S/C17H18ClNO2/c1-20-16-5-3-2-4-11(16)9-15(19)14-10-13(18)8-12-6-7-21-17(12)14/h2-5,8,10,15H,6-7,9,19H2,1H3. The van der Waals surface area contributed by atoms with Crippen molar-refractivity contribution in [3.05, 3.63) is 58.1 Å². The normalized spacial score (nSPS) is 14.4. The van der Waals surface area contributed by atoms with Crippen LogP contribution in [0.2, 0.25) is 5.02 Å². The number of benzene rings is 2. The number of fused-ring (bicyclic) bond motifs is 1. The van der Waals surface area contributed by atoms with E-state index in [-0.39, 0.29) is 6.04 Å². The van der Waals surface area contributed by atoms with Gasteiger partial charge in [-0.25, -0.2) is 0 Å². The molecule has 110 valence electrons. The molecule has 0 aliphatic carbocycles. The van der Waals surface area contributed by atoms with E-state index in [0.717, 1.165) is 34.6 Å². The summed E-state index contributed by atoms with van der Waals surface area (Å²) in [5, 5.41) is 0.713. The molecule has 1 aliphatic rings. The van der Waals surface area contributed by atoms with Gasteiger partial charge < -0.3 is 15.2 Å². The predicted octanol–water partition coefficient (Wildman–Crippen LogP) is 3.53. The molecular formula is C17H18ClNO2. The maximum Gasteiger partial charge on any atom is 0.127 e. The minimum Gasteiger partial charge on any atom is -0.496 e. The minimum atomic E-state index is -0.174. The van der Waals surface area contributed by atoms with Crippen molar-refractivity contribution in [3.8, 4) is 11.5 Å². The summed E-state index contributed by atoms with van der Waals surface area (Å²) < 4.78 is 11.1. The summed E-state index contributed by atoms with van der Waals surface area (Å²) in [7, 11) is 1.67. The third kappa shape index (κ3) is 2.85. The van der Waals surface area contributed by atoms with Gasteiger partial charge in [-0.15, -0.1) is 0 Å². The zero-order valence-electron chi connectivity index (χ0n) is 11.9. The van der Waals surface area contributed by atoms with Gasteiger partial charge in [-0.1, -0.05) is 29.8 Å². The van der Waals surface area contributed by atoms with Gasteiger partial charge in [0, 0.05) is 23.0 Å². The van der Waals surface area contributed by atoms with Gasteiger partial charge in [0.1, 0.15) is 11.5 Å². The SMILES string of the molecule is COc1ccccc1CC(N)c1cc(Cl)cc2c1OCC2. The fourth-order valence-electron chi connectivity index (χ4n) is 2.79.